The van der Waals surface area contributed by atoms with Gasteiger partial charge in [0.2, 0.25) is 0 Å². The first-order chi connectivity index (χ1) is 6.63. The minimum absolute atomic E-state index is 0.169. The number of hydrogen-bond donors (Lipinski definition) is 1. The Hall–Kier alpha value is -1.35. The fourth-order valence-corrected chi connectivity index (χ4v) is 0.961. The van der Waals surface area contributed by atoms with Gasteiger partial charge in [-0.2, -0.15) is 0 Å². The molecule has 14 heavy (non-hydrogen) atoms. The third kappa shape index (κ3) is 2.85. The van der Waals surface area contributed by atoms with Crippen molar-refractivity contribution in [1.82, 2.24) is 0 Å². The SMILES string of the molecule is C=C(C)COc1ccc(CO)cc1F. The number of aliphatic hydroxyl groups excluding tert-OH is 1. The Bertz CT molecular complexity index is 334. The molecule has 0 fully saturated rings. The van der Waals surface area contributed by atoms with E-state index in [4.69, 9.17) is 9.84 Å². The summed E-state index contributed by atoms with van der Waals surface area (Å²) >= 11 is 0. The van der Waals surface area contributed by atoms with Crippen LogP contribution in [-0.4, -0.2) is 11.7 Å². The molecular weight excluding hydrogens is 183 g/mol. The van der Waals surface area contributed by atoms with E-state index in [-0.39, 0.29) is 12.4 Å². The highest BCUT2D eigenvalue weighted by Crippen LogP contribution is 2.18. The molecule has 0 aliphatic heterocycles. The van der Waals surface area contributed by atoms with Crippen LogP contribution in [0.2, 0.25) is 0 Å². The molecule has 0 saturated heterocycles. The van der Waals surface area contributed by atoms with E-state index in [2.05, 4.69) is 6.58 Å². The van der Waals surface area contributed by atoms with Gasteiger partial charge in [-0.3, -0.25) is 0 Å². The summed E-state index contributed by atoms with van der Waals surface area (Å²) in [6.45, 7) is 5.58. The number of aliphatic hydroxyl groups is 1. The van der Waals surface area contributed by atoms with Crippen LogP contribution in [0.1, 0.15) is 12.5 Å². The third-order valence-electron chi connectivity index (χ3n) is 1.65. The summed E-state index contributed by atoms with van der Waals surface area (Å²) in [5.41, 5.74) is 1.36. The molecule has 3 heteroatoms. The fraction of sp³-hybridized carbons (Fsp3) is 0.273. The predicted octanol–water partition coefficient (Wildman–Crippen LogP) is 2.27. The number of halogens is 1. The van der Waals surface area contributed by atoms with Gasteiger partial charge in [-0.05, 0) is 30.2 Å². The zero-order valence-corrected chi connectivity index (χ0v) is 8.09. The average molecular weight is 196 g/mol. The molecule has 1 N–H and O–H groups in total. The molecule has 0 amide bonds. The van der Waals surface area contributed by atoms with E-state index in [1.54, 1.807) is 13.0 Å². The highest BCUT2D eigenvalue weighted by molar-refractivity contribution is 5.29. The number of benzene rings is 1. The van der Waals surface area contributed by atoms with Crippen molar-refractivity contribution in [2.24, 2.45) is 0 Å². The molecule has 1 rings (SSSR count). The van der Waals surface area contributed by atoms with Crippen LogP contribution in [-0.2, 0) is 6.61 Å². The zero-order valence-electron chi connectivity index (χ0n) is 8.09. The third-order valence-corrected chi connectivity index (χ3v) is 1.65. The first-order valence-electron chi connectivity index (χ1n) is 4.30. The summed E-state index contributed by atoms with van der Waals surface area (Å²) in [6.07, 6.45) is 0. The molecule has 0 atom stereocenters. The van der Waals surface area contributed by atoms with Gasteiger partial charge in [0, 0.05) is 0 Å². The molecule has 0 aromatic heterocycles. The summed E-state index contributed by atoms with van der Waals surface area (Å²) in [4.78, 5) is 0. The van der Waals surface area contributed by atoms with Crippen molar-refractivity contribution in [2.45, 2.75) is 13.5 Å². The summed E-state index contributed by atoms with van der Waals surface area (Å²) in [5, 5.41) is 8.75. The van der Waals surface area contributed by atoms with Crippen molar-refractivity contribution < 1.29 is 14.2 Å². The van der Waals surface area contributed by atoms with E-state index < -0.39 is 5.82 Å². The van der Waals surface area contributed by atoms with Crippen molar-refractivity contribution in [2.75, 3.05) is 6.61 Å². The van der Waals surface area contributed by atoms with Gasteiger partial charge in [-0.1, -0.05) is 12.6 Å². The molecule has 0 bridgehead atoms. The zero-order chi connectivity index (χ0) is 10.6. The van der Waals surface area contributed by atoms with Gasteiger partial charge in [0.1, 0.15) is 6.61 Å². The lowest BCUT2D eigenvalue weighted by Crippen LogP contribution is -2.00. The van der Waals surface area contributed by atoms with Crippen molar-refractivity contribution in [1.29, 1.82) is 0 Å². The molecule has 0 aliphatic rings. The van der Waals surface area contributed by atoms with Crippen LogP contribution in [0.15, 0.2) is 30.4 Å². The quantitative estimate of drug-likeness (QED) is 0.748. The Morgan fingerprint density at radius 2 is 2.29 bits per heavy atom. The largest absolute Gasteiger partial charge is 0.486 e. The van der Waals surface area contributed by atoms with Crippen LogP contribution in [0.4, 0.5) is 4.39 Å². The molecule has 1 aromatic rings. The van der Waals surface area contributed by atoms with Gasteiger partial charge in [0.05, 0.1) is 6.61 Å². The first kappa shape index (κ1) is 10.7. The van der Waals surface area contributed by atoms with Gasteiger partial charge in [0.15, 0.2) is 11.6 Å². The Balaban J connectivity index is 2.73. The van der Waals surface area contributed by atoms with Crippen molar-refractivity contribution in [3.63, 3.8) is 0 Å². The van der Waals surface area contributed by atoms with Crippen LogP contribution in [0.5, 0.6) is 5.75 Å². The van der Waals surface area contributed by atoms with Gasteiger partial charge in [-0.25, -0.2) is 4.39 Å². The second-order valence-electron chi connectivity index (χ2n) is 3.17. The number of rotatable bonds is 4. The lowest BCUT2D eigenvalue weighted by molar-refractivity contribution is 0.280. The molecule has 2 nitrogen and oxygen atoms in total. The van der Waals surface area contributed by atoms with Gasteiger partial charge < -0.3 is 9.84 Å². The minimum Gasteiger partial charge on any atom is -0.486 e. The van der Waals surface area contributed by atoms with Gasteiger partial charge in [0.25, 0.3) is 0 Å². The maximum absolute atomic E-state index is 13.2. The first-order valence-corrected chi connectivity index (χ1v) is 4.30. The Kier molecular flexibility index (Phi) is 3.65. The fourth-order valence-electron chi connectivity index (χ4n) is 0.961. The Labute approximate surface area is 82.6 Å². The van der Waals surface area contributed by atoms with Gasteiger partial charge in [-0.15, -0.1) is 0 Å². The van der Waals surface area contributed by atoms with E-state index >= 15 is 0 Å². The summed E-state index contributed by atoms with van der Waals surface area (Å²) in [7, 11) is 0. The van der Waals surface area contributed by atoms with E-state index in [1.165, 1.54) is 12.1 Å². The van der Waals surface area contributed by atoms with Crippen LogP contribution in [0.25, 0.3) is 0 Å². The summed E-state index contributed by atoms with van der Waals surface area (Å²) < 4.78 is 18.4. The molecular formula is C11H13FO2. The van der Waals surface area contributed by atoms with Crippen LogP contribution in [0.3, 0.4) is 0 Å². The van der Waals surface area contributed by atoms with Crippen molar-refractivity contribution >= 4 is 0 Å². The van der Waals surface area contributed by atoms with Crippen molar-refractivity contribution in [3.05, 3.63) is 41.7 Å². The normalized spacial score (nSPS) is 9.93. The van der Waals surface area contributed by atoms with E-state index in [9.17, 15) is 4.39 Å². The molecule has 1 aromatic carbocycles. The topological polar surface area (TPSA) is 29.5 Å². The molecule has 76 valence electrons. The molecule has 0 saturated carbocycles. The van der Waals surface area contributed by atoms with E-state index in [0.717, 1.165) is 5.57 Å². The maximum Gasteiger partial charge on any atom is 0.165 e. The van der Waals surface area contributed by atoms with Crippen molar-refractivity contribution in [3.8, 4) is 5.75 Å². The van der Waals surface area contributed by atoms with E-state index in [1.807, 2.05) is 0 Å². The van der Waals surface area contributed by atoms with Crippen LogP contribution in [0, 0.1) is 5.82 Å². The lowest BCUT2D eigenvalue weighted by Gasteiger charge is -2.07. The van der Waals surface area contributed by atoms with E-state index in [0.29, 0.717) is 12.2 Å². The second kappa shape index (κ2) is 4.77. The lowest BCUT2D eigenvalue weighted by atomic mass is 10.2. The van der Waals surface area contributed by atoms with Crippen LogP contribution < -0.4 is 4.74 Å². The molecule has 0 spiro atoms. The van der Waals surface area contributed by atoms with Crippen LogP contribution >= 0.6 is 0 Å². The minimum atomic E-state index is -0.460. The molecule has 0 radical (unpaired) electrons. The molecule has 0 aliphatic carbocycles. The predicted molar refractivity (Wildman–Crippen MR) is 52.6 cm³/mol. The molecule has 0 unspecified atom stereocenters. The Morgan fingerprint density at radius 1 is 1.57 bits per heavy atom. The smallest absolute Gasteiger partial charge is 0.165 e. The highest BCUT2D eigenvalue weighted by Gasteiger charge is 2.03. The average Bonchev–Trinajstić information content (AvgIpc) is 2.15. The highest BCUT2D eigenvalue weighted by atomic mass is 19.1. The number of ether oxygens (including phenoxy) is 1. The van der Waals surface area contributed by atoms with Gasteiger partial charge >= 0.3 is 0 Å². The maximum atomic E-state index is 13.2. The summed E-state index contributed by atoms with van der Waals surface area (Å²) in [6, 6.07) is 4.38. The number of hydrogen-bond acceptors (Lipinski definition) is 2. The summed E-state index contributed by atoms with van der Waals surface area (Å²) in [5.74, 6) is -0.275. The Morgan fingerprint density at radius 3 is 2.79 bits per heavy atom. The molecule has 0 heterocycles. The second-order valence-corrected chi connectivity index (χ2v) is 3.17. The standard InChI is InChI=1S/C11H13FO2/c1-8(2)7-14-11-4-3-9(6-13)5-10(11)12/h3-5,13H,1,6-7H2,2H3. The monoisotopic (exact) mass is 196 g/mol.